The summed E-state index contributed by atoms with van der Waals surface area (Å²) in [6, 6.07) is 7.05. The minimum Gasteiger partial charge on any atom is -0.495 e. The first-order valence-electron chi connectivity index (χ1n) is 6.61. The van der Waals surface area contributed by atoms with Gasteiger partial charge in [-0.15, -0.1) is 0 Å². The summed E-state index contributed by atoms with van der Waals surface area (Å²) in [5.74, 6) is 0.408. The molecule has 106 valence electrons. The zero-order valence-corrected chi connectivity index (χ0v) is 12.0. The topological polar surface area (TPSA) is 34.1 Å². The molecule has 0 saturated heterocycles. The Hall–Kier alpha value is -1.94. The lowest BCUT2D eigenvalue weighted by Gasteiger charge is -2.13. The smallest absolute Gasteiger partial charge is 0.137 e. The third kappa shape index (κ3) is 3.54. The molecule has 0 radical (unpaired) electrons. The van der Waals surface area contributed by atoms with Crippen LogP contribution in [0.15, 0.2) is 36.7 Å². The number of hydrogen-bond acceptors (Lipinski definition) is 3. The third-order valence-electron chi connectivity index (χ3n) is 3.03. The van der Waals surface area contributed by atoms with Crippen LogP contribution in [0.3, 0.4) is 0 Å². The van der Waals surface area contributed by atoms with E-state index in [2.05, 4.69) is 24.1 Å². The lowest BCUT2D eigenvalue weighted by Crippen LogP contribution is -2.22. The van der Waals surface area contributed by atoms with Gasteiger partial charge in [-0.3, -0.25) is 4.98 Å². The largest absolute Gasteiger partial charge is 0.495 e. The van der Waals surface area contributed by atoms with Gasteiger partial charge in [0.2, 0.25) is 0 Å². The second kappa shape index (κ2) is 6.48. The van der Waals surface area contributed by atoms with Gasteiger partial charge in [-0.05, 0) is 29.3 Å². The summed E-state index contributed by atoms with van der Waals surface area (Å²) in [5.41, 5.74) is 2.73. The lowest BCUT2D eigenvalue weighted by molar-refractivity contribution is 0.413. The Kier molecular flexibility index (Phi) is 4.69. The molecule has 0 aliphatic heterocycles. The van der Waals surface area contributed by atoms with Gasteiger partial charge in [0.15, 0.2) is 0 Å². The van der Waals surface area contributed by atoms with Gasteiger partial charge in [0.1, 0.15) is 11.6 Å². The number of ether oxygens (including phenoxy) is 1. The van der Waals surface area contributed by atoms with Crippen molar-refractivity contribution < 1.29 is 9.13 Å². The molecule has 0 atom stereocenters. The normalized spacial score (nSPS) is 10.8. The van der Waals surface area contributed by atoms with E-state index < -0.39 is 0 Å². The van der Waals surface area contributed by atoms with Crippen molar-refractivity contribution in [2.45, 2.75) is 26.4 Å². The van der Waals surface area contributed by atoms with Crippen LogP contribution in [0.1, 0.15) is 19.4 Å². The summed E-state index contributed by atoms with van der Waals surface area (Å²) < 4.78 is 18.7. The maximum absolute atomic E-state index is 13.5. The summed E-state index contributed by atoms with van der Waals surface area (Å²) in [5, 5.41) is 3.35. The van der Waals surface area contributed by atoms with Crippen molar-refractivity contribution >= 4 is 0 Å². The van der Waals surface area contributed by atoms with Crippen LogP contribution in [0.4, 0.5) is 4.39 Å². The van der Waals surface area contributed by atoms with Crippen molar-refractivity contribution in [3.63, 3.8) is 0 Å². The van der Waals surface area contributed by atoms with Crippen molar-refractivity contribution in [2.24, 2.45) is 0 Å². The van der Waals surface area contributed by atoms with Gasteiger partial charge in [0.05, 0.1) is 13.3 Å². The van der Waals surface area contributed by atoms with Gasteiger partial charge in [-0.2, -0.15) is 0 Å². The minimum atomic E-state index is -0.254. The van der Waals surface area contributed by atoms with Gasteiger partial charge in [-0.25, -0.2) is 4.39 Å². The SMILES string of the molecule is COc1cncc(-c2cc(F)ccc2CNC(C)C)c1. The molecular formula is C16H19FN2O. The molecule has 2 aromatic rings. The number of hydrogen-bond donors (Lipinski definition) is 1. The molecule has 0 saturated carbocycles. The number of nitrogens with zero attached hydrogens (tertiary/aromatic N) is 1. The van der Waals surface area contributed by atoms with Crippen LogP contribution in [0.5, 0.6) is 5.75 Å². The van der Waals surface area contributed by atoms with E-state index in [-0.39, 0.29) is 5.82 Å². The molecule has 0 unspecified atom stereocenters. The average Bonchev–Trinajstić information content (AvgIpc) is 2.46. The third-order valence-corrected chi connectivity index (χ3v) is 3.03. The highest BCUT2D eigenvalue weighted by molar-refractivity contribution is 5.67. The highest BCUT2D eigenvalue weighted by Crippen LogP contribution is 2.27. The van der Waals surface area contributed by atoms with Crippen LogP contribution in [-0.2, 0) is 6.54 Å². The van der Waals surface area contributed by atoms with Crippen molar-refractivity contribution in [2.75, 3.05) is 7.11 Å². The van der Waals surface area contributed by atoms with E-state index in [9.17, 15) is 4.39 Å². The average molecular weight is 274 g/mol. The maximum atomic E-state index is 13.5. The van der Waals surface area contributed by atoms with Gasteiger partial charge < -0.3 is 10.1 Å². The molecule has 0 bridgehead atoms. The highest BCUT2D eigenvalue weighted by atomic mass is 19.1. The van der Waals surface area contributed by atoms with Crippen molar-refractivity contribution in [1.82, 2.24) is 10.3 Å². The van der Waals surface area contributed by atoms with Crippen LogP contribution < -0.4 is 10.1 Å². The molecule has 0 aliphatic rings. The predicted molar refractivity (Wildman–Crippen MR) is 78.2 cm³/mol. The maximum Gasteiger partial charge on any atom is 0.137 e. The van der Waals surface area contributed by atoms with Crippen LogP contribution >= 0.6 is 0 Å². The fourth-order valence-corrected chi connectivity index (χ4v) is 1.96. The number of methoxy groups -OCH3 is 1. The van der Waals surface area contributed by atoms with Crippen LogP contribution in [0, 0.1) is 5.82 Å². The molecule has 3 nitrogen and oxygen atoms in total. The molecule has 4 heteroatoms. The van der Waals surface area contributed by atoms with Crippen LogP contribution in [0.2, 0.25) is 0 Å². The van der Waals surface area contributed by atoms with E-state index >= 15 is 0 Å². The molecule has 1 aromatic carbocycles. The van der Waals surface area contributed by atoms with E-state index in [0.717, 1.165) is 16.7 Å². The molecule has 2 rings (SSSR count). The molecule has 1 aromatic heterocycles. The second-order valence-corrected chi connectivity index (χ2v) is 4.95. The van der Waals surface area contributed by atoms with E-state index in [1.165, 1.54) is 12.1 Å². The summed E-state index contributed by atoms with van der Waals surface area (Å²) >= 11 is 0. The molecule has 0 amide bonds. The number of benzene rings is 1. The number of halogens is 1. The summed E-state index contributed by atoms with van der Waals surface area (Å²) in [6.45, 7) is 4.84. The van der Waals surface area contributed by atoms with Gasteiger partial charge >= 0.3 is 0 Å². The highest BCUT2D eigenvalue weighted by Gasteiger charge is 2.09. The summed E-state index contributed by atoms with van der Waals surface area (Å²) in [7, 11) is 1.59. The first kappa shape index (κ1) is 14.5. The Labute approximate surface area is 118 Å². The Morgan fingerprint density at radius 3 is 2.75 bits per heavy atom. The summed E-state index contributed by atoms with van der Waals surface area (Å²) in [4.78, 5) is 4.13. The number of aromatic nitrogens is 1. The quantitative estimate of drug-likeness (QED) is 0.907. The van der Waals surface area contributed by atoms with Crippen LogP contribution in [0.25, 0.3) is 11.1 Å². The molecule has 1 N–H and O–H groups in total. The minimum absolute atomic E-state index is 0.254. The fraction of sp³-hybridized carbons (Fsp3) is 0.312. The van der Waals surface area contributed by atoms with Gasteiger partial charge in [-0.1, -0.05) is 19.9 Å². The molecular weight excluding hydrogens is 255 g/mol. The number of rotatable bonds is 5. The Bertz CT molecular complexity index is 584. The lowest BCUT2D eigenvalue weighted by atomic mass is 10.0. The van der Waals surface area contributed by atoms with E-state index in [4.69, 9.17) is 4.74 Å². The monoisotopic (exact) mass is 274 g/mol. The Morgan fingerprint density at radius 2 is 2.05 bits per heavy atom. The number of nitrogens with one attached hydrogen (secondary N) is 1. The Morgan fingerprint density at radius 1 is 1.25 bits per heavy atom. The first-order chi connectivity index (χ1) is 9.60. The zero-order chi connectivity index (χ0) is 14.5. The van der Waals surface area contributed by atoms with E-state index in [0.29, 0.717) is 18.3 Å². The van der Waals surface area contributed by atoms with Gasteiger partial charge in [0.25, 0.3) is 0 Å². The van der Waals surface area contributed by atoms with Crippen molar-refractivity contribution in [3.8, 4) is 16.9 Å². The van der Waals surface area contributed by atoms with Crippen LogP contribution in [-0.4, -0.2) is 18.1 Å². The van der Waals surface area contributed by atoms with Gasteiger partial charge in [0, 0.05) is 24.3 Å². The Balaban J connectivity index is 2.39. The molecule has 0 fully saturated rings. The fourth-order valence-electron chi connectivity index (χ4n) is 1.96. The zero-order valence-electron chi connectivity index (χ0n) is 12.0. The number of pyridine rings is 1. The summed E-state index contributed by atoms with van der Waals surface area (Å²) in [6.07, 6.45) is 3.35. The first-order valence-corrected chi connectivity index (χ1v) is 6.61. The second-order valence-electron chi connectivity index (χ2n) is 4.95. The molecule has 0 aliphatic carbocycles. The van der Waals surface area contributed by atoms with Crippen molar-refractivity contribution in [3.05, 3.63) is 48.0 Å². The van der Waals surface area contributed by atoms with E-state index in [1.807, 2.05) is 6.07 Å². The molecule has 0 spiro atoms. The van der Waals surface area contributed by atoms with Crippen molar-refractivity contribution in [1.29, 1.82) is 0 Å². The molecule has 1 heterocycles. The standard InChI is InChI=1S/C16H19FN2O/c1-11(2)19-9-12-4-5-14(17)7-16(12)13-6-15(20-3)10-18-8-13/h4-8,10-11,19H,9H2,1-3H3. The van der Waals surface area contributed by atoms with E-state index in [1.54, 1.807) is 25.6 Å². The predicted octanol–water partition coefficient (Wildman–Crippen LogP) is 3.39. The molecule has 20 heavy (non-hydrogen) atoms.